The summed E-state index contributed by atoms with van der Waals surface area (Å²) in [7, 11) is 0. The minimum absolute atomic E-state index is 0.514. The van der Waals surface area contributed by atoms with Crippen molar-refractivity contribution < 1.29 is 4.74 Å². The van der Waals surface area contributed by atoms with Gasteiger partial charge >= 0.3 is 0 Å². The maximum Gasteiger partial charge on any atom is 0.123 e. The fourth-order valence-electron chi connectivity index (χ4n) is 1.98. The zero-order chi connectivity index (χ0) is 14.4. The quantitative estimate of drug-likeness (QED) is 0.646. The molecule has 0 aliphatic heterocycles. The molecular weight excluding hydrogens is 266 g/mol. The molecule has 0 saturated carbocycles. The van der Waals surface area contributed by atoms with Gasteiger partial charge in [-0.05, 0) is 31.5 Å². The van der Waals surface area contributed by atoms with Crippen LogP contribution in [0.25, 0.3) is 0 Å². The Hall–Kier alpha value is -1.45. The zero-order valence-corrected chi connectivity index (χ0v) is 12.9. The van der Waals surface area contributed by atoms with Gasteiger partial charge in [0.25, 0.3) is 0 Å². The van der Waals surface area contributed by atoms with E-state index in [-0.39, 0.29) is 0 Å². The molecule has 0 saturated heterocycles. The molecule has 0 fully saturated rings. The van der Waals surface area contributed by atoms with Crippen LogP contribution in [0.3, 0.4) is 0 Å². The summed E-state index contributed by atoms with van der Waals surface area (Å²) in [5, 5.41) is 0. The normalized spacial score (nSPS) is 10.6. The SMILES string of the molecule is Cc1ccc(C)c(SCCOc2ccccc2CN)c1. The van der Waals surface area contributed by atoms with Crippen molar-refractivity contribution >= 4 is 11.8 Å². The number of benzene rings is 2. The second-order valence-electron chi connectivity index (χ2n) is 4.78. The van der Waals surface area contributed by atoms with E-state index in [1.807, 2.05) is 36.0 Å². The fourth-order valence-corrected chi connectivity index (χ4v) is 2.93. The average molecular weight is 287 g/mol. The molecule has 0 spiro atoms. The molecular formula is C17H21NOS. The molecule has 106 valence electrons. The lowest BCUT2D eigenvalue weighted by Gasteiger charge is -2.11. The van der Waals surface area contributed by atoms with Crippen LogP contribution in [0.2, 0.25) is 0 Å². The molecule has 2 nitrogen and oxygen atoms in total. The summed E-state index contributed by atoms with van der Waals surface area (Å²) in [6, 6.07) is 14.5. The molecule has 3 heteroatoms. The molecule has 2 aromatic carbocycles. The van der Waals surface area contributed by atoms with Crippen LogP contribution < -0.4 is 10.5 Å². The average Bonchev–Trinajstić information content (AvgIpc) is 2.47. The molecule has 0 unspecified atom stereocenters. The topological polar surface area (TPSA) is 35.2 Å². The van der Waals surface area contributed by atoms with Crippen LogP contribution in [0.15, 0.2) is 47.4 Å². The summed E-state index contributed by atoms with van der Waals surface area (Å²) in [6.07, 6.45) is 0. The van der Waals surface area contributed by atoms with E-state index in [0.29, 0.717) is 13.2 Å². The van der Waals surface area contributed by atoms with Crippen molar-refractivity contribution in [2.45, 2.75) is 25.3 Å². The zero-order valence-electron chi connectivity index (χ0n) is 12.1. The third-order valence-electron chi connectivity index (χ3n) is 3.13. The Balaban J connectivity index is 1.86. The van der Waals surface area contributed by atoms with Crippen molar-refractivity contribution in [3.63, 3.8) is 0 Å². The van der Waals surface area contributed by atoms with E-state index in [0.717, 1.165) is 17.1 Å². The van der Waals surface area contributed by atoms with E-state index >= 15 is 0 Å². The van der Waals surface area contributed by atoms with Gasteiger partial charge in [-0.3, -0.25) is 0 Å². The third-order valence-corrected chi connectivity index (χ3v) is 4.26. The van der Waals surface area contributed by atoms with E-state index in [1.165, 1.54) is 16.0 Å². The Labute approximate surface area is 125 Å². The monoisotopic (exact) mass is 287 g/mol. The van der Waals surface area contributed by atoms with Crippen LogP contribution in [0, 0.1) is 13.8 Å². The summed E-state index contributed by atoms with van der Waals surface area (Å²) < 4.78 is 5.82. The second-order valence-corrected chi connectivity index (χ2v) is 5.91. The predicted molar refractivity (Wildman–Crippen MR) is 86.5 cm³/mol. The number of nitrogens with two attached hydrogens (primary N) is 1. The molecule has 0 aromatic heterocycles. The number of para-hydroxylation sites is 1. The predicted octanol–water partition coefficient (Wildman–Crippen LogP) is 3.93. The van der Waals surface area contributed by atoms with Crippen molar-refractivity contribution in [3.05, 3.63) is 59.2 Å². The molecule has 2 rings (SSSR count). The van der Waals surface area contributed by atoms with E-state index in [2.05, 4.69) is 32.0 Å². The summed E-state index contributed by atoms with van der Waals surface area (Å²) >= 11 is 1.84. The van der Waals surface area contributed by atoms with Crippen molar-refractivity contribution in [1.82, 2.24) is 0 Å². The molecule has 20 heavy (non-hydrogen) atoms. The number of ether oxygens (including phenoxy) is 1. The van der Waals surface area contributed by atoms with Gasteiger partial charge in [-0.25, -0.2) is 0 Å². The van der Waals surface area contributed by atoms with Crippen LogP contribution in [-0.4, -0.2) is 12.4 Å². The standard InChI is InChI=1S/C17H21NOS/c1-13-7-8-14(2)17(11-13)20-10-9-19-16-6-4-3-5-15(16)12-18/h3-8,11H,9-10,12,18H2,1-2H3. The summed E-state index contributed by atoms with van der Waals surface area (Å²) in [5.41, 5.74) is 9.38. The molecule has 0 amide bonds. The number of aryl methyl sites for hydroxylation is 2. The molecule has 2 aromatic rings. The Morgan fingerprint density at radius 3 is 2.70 bits per heavy atom. The minimum atomic E-state index is 0.514. The first-order chi connectivity index (χ1) is 9.70. The summed E-state index contributed by atoms with van der Waals surface area (Å²) in [6.45, 7) is 5.47. The highest BCUT2D eigenvalue weighted by atomic mass is 32.2. The van der Waals surface area contributed by atoms with Crippen LogP contribution in [0.1, 0.15) is 16.7 Å². The largest absolute Gasteiger partial charge is 0.492 e. The first kappa shape index (κ1) is 14.9. The van der Waals surface area contributed by atoms with E-state index in [4.69, 9.17) is 10.5 Å². The highest BCUT2D eigenvalue weighted by Crippen LogP contribution is 2.24. The number of hydrogen-bond acceptors (Lipinski definition) is 3. The van der Waals surface area contributed by atoms with Gasteiger partial charge in [0.2, 0.25) is 0 Å². The van der Waals surface area contributed by atoms with Gasteiger partial charge in [0.1, 0.15) is 5.75 Å². The number of hydrogen-bond donors (Lipinski definition) is 1. The fraction of sp³-hybridized carbons (Fsp3) is 0.294. The van der Waals surface area contributed by atoms with E-state index in [1.54, 1.807) is 0 Å². The van der Waals surface area contributed by atoms with Crippen LogP contribution >= 0.6 is 11.8 Å². The van der Waals surface area contributed by atoms with Gasteiger partial charge in [0.05, 0.1) is 6.61 Å². The molecule has 2 N–H and O–H groups in total. The summed E-state index contributed by atoms with van der Waals surface area (Å²) in [4.78, 5) is 1.33. The van der Waals surface area contributed by atoms with Gasteiger partial charge in [-0.1, -0.05) is 35.9 Å². The third kappa shape index (κ3) is 4.02. The highest BCUT2D eigenvalue weighted by molar-refractivity contribution is 7.99. The van der Waals surface area contributed by atoms with Crippen LogP contribution in [-0.2, 0) is 6.54 Å². The van der Waals surface area contributed by atoms with Crippen molar-refractivity contribution in [3.8, 4) is 5.75 Å². The number of rotatable bonds is 6. The van der Waals surface area contributed by atoms with E-state index < -0.39 is 0 Å². The van der Waals surface area contributed by atoms with Crippen molar-refractivity contribution in [2.75, 3.05) is 12.4 Å². The minimum Gasteiger partial charge on any atom is -0.492 e. The van der Waals surface area contributed by atoms with Gasteiger partial charge in [-0.2, -0.15) is 0 Å². The van der Waals surface area contributed by atoms with Gasteiger partial charge in [0, 0.05) is 22.8 Å². The maximum atomic E-state index is 5.82. The van der Waals surface area contributed by atoms with E-state index in [9.17, 15) is 0 Å². The lowest BCUT2D eigenvalue weighted by molar-refractivity contribution is 0.340. The molecule has 0 heterocycles. The Morgan fingerprint density at radius 1 is 1.10 bits per heavy atom. The smallest absolute Gasteiger partial charge is 0.123 e. The van der Waals surface area contributed by atoms with Crippen molar-refractivity contribution in [2.24, 2.45) is 5.73 Å². The Bertz CT molecular complexity index is 569. The molecule has 0 radical (unpaired) electrons. The number of thioether (sulfide) groups is 1. The molecule has 0 atom stereocenters. The van der Waals surface area contributed by atoms with Crippen LogP contribution in [0.4, 0.5) is 0 Å². The first-order valence-corrected chi connectivity index (χ1v) is 7.80. The molecule has 0 bridgehead atoms. The molecule has 0 aliphatic rings. The first-order valence-electron chi connectivity index (χ1n) is 6.81. The molecule has 0 aliphatic carbocycles. The Morgan fingerprint density at radius 2 is 1.90 bits per heavy atom. The maximum absolute atomic E-state index is 5.82. The van der Waals surface area contributed by atoms with Gasteiger partial charge < -0.3 is 10.5 Å². The lowest BCUT2D eigenvalue weighted by Crippen LogP contribution is -2.05. The lowest BCUT2D eigenvalue weighted by atomic mass is 10.2. The van der Waals surface area contributed by atoms with Crippen molar-refractivity contribution in [1.29, 1.82) is 0 Å². The second kappa shape index (κ2) is 7.36. The van der Waals surface area contributed by atoms with Gasteiger partial charge in [0.15, 0.2) is 0 Å². The highest BCUT2D eigenvalue weighted by Gasteiger charge is 2.02. The van der Waals surface area contributed by atoms with Crippen LogP contribution in [0.5, 0.6) is 5.75 Å². The Kier molecular flexibility index (Phi) is 5.50. The van der Waals surface area contributed by atoms with Gasteiger partial charge in [-0.15, -0.1) is 11.8 Å². The summed E-state index contributed by atoms with van der Waals surface area (Å²) in [5.74, 6) is 1.83.